The van der Waals surface area contributed by atoms with E-state index >= 15 is 0 Å². The van der Waals surface area contributed by atoms with Gasteiger partial charge >= 0.3 is 0 Å². The summed E-state index contributed by atoms with van der Waals surface area (Å²) in [5.41, 5.74) is 1.35. The number of aryl methyl sites for hydroxylation is 1. The van der Waals surface area contributed by atoms with Crippen LogP contribution in [0.5, 0.6) is 0 Å². The van der Waals surface area contributed by atoms with Crippen LogP contribution in [0.25, 0.3) is 0 Å². The number of nitrogens with one attached hydrogen (secondary N) is 2. The normalized spacial score (nSPS) is 29.8. The van der Waals surface area contributed by atoms with Gasteiger partial charge in [-0.25, -0.2) is 0 Å². The Morgan fingerprint density at radius 3 is 3.05 bits per heavy atom. The standard InChI is InChI=1S/C16H27N5O/c1-11-9-19-21(10-11)7-6-18-15(17-4)20-13-12-5-8-22-14(12)16(13,2)3/h9-10,12-14H,5-8H2,1-4H3,(H2,17,18,20). The van der Waals surface area contributed by atoms with Crippen molar-refractivity contribution in [2.24, 2.45) is 16.3 Å². The van der Waals surface area contributed by atoms with Crippen LogP contribution in [0.15, 0.2) is 17.4 Å². The van der Waals surface area contributed by atoms with Gasteiger partial charge in [0.25, 0.3) is 0 Å². The Labute approximate surface area is 132 Å². The Morgan fingerprint density at radius 2 is 2.36 bits per heavy atom. The van der Waals surface area contributed by atoms with Crippen molar-refractivity contribution in [2.45, 2.75) is 45.9 Å². The molecule has 6 heteroatoms. The monoisotopic (exact) mass is 305 g/mol. The predicted octanol–water partition coefficient (Wildman–Crippen LogP) is 1.17. The minimum atomic E-state index is 0.165. The topological polar surface area (TPSA) is 63.5 Å². The number of rotatable bonds is 4. The van der Waals surface area contributed by atoms with Crippen molar-refractivity contribution >= 4 is 5.96 Å². The Hall–Kier alpha value is -1.56. The second kappa shape index (κ2) is 5.91. The third kappa shape index (κ3) is 2.72. The molecule has 1 saturated heterocycles. The van der Waals surface area contributed by atoms with Gasteiger partial charge in [0.2, 0.25) is 0 Å². The van der Waals surface area contributed by atoms with Gasteiger partial charge in [0, 0.05) is 43.8 Å². The summed E-state index contributed by atoms with van der Waals surface area (Å²) >= 11 is 0. The van der Waals surface area contributed by atoms with Crippen molar-refractivity contribution in [1.29, 1.82) is 0 Å². The number of hydrogen-bond acceptors (Lipinski definition) is 3. The van der Waals surface area contributed by atoms with Crippen LogP contribution in [-0.2, 0) is 11.3 Å². The molecule has 1 aliphatic carbocycles. The van der Waals surface area contributed by atoms with Gasteiger partial charge < -0.3 is 15.4 Å². The first-order valence-corrected chi connectivity index (χ1v) is 8.10. The lowest BCUT2D eigenvalue weighted by atomic mass is 9.57. The summed E-state index contributed by atoms with van der Waals surface area (Å²) in [6.45, 7) is 9.13. The first kappa shape index (κ1) is 15.3. The molecule has 122 valence electrons. The van der Waals surface area contributed by atoms with E-state index in [0.29, 0.717) is 18.1 Å². The van der Waals surface area contributed by atoms with E-state index < -0.39 is 0 Å². The zero-order chi connectivity index (χ0) is 15.7. The third-order valence-corrected chi connectivity index (χ3v) is 5.01. The molecular weight excluding hydrogens is 278 g/mol. The first-order valence-electron chi connectivity index (χ1n) is 8.10. The Bertz CT molecular complexity index is 550. The summed E-state index contributed by atoms with van der Waals surface area (Å²) in [6.07, 6.45) is 5.47. The fourth-order valence-corrected chi connectivity index (χ4v) is 3.84. The van der Waals surface area contributed by atoms with E-state index in [-0.39, 0.29) is 5.41 Å². The van der Waals surface area contributed by atoms with Gasteiger partial charge in [0.15, 0.2) is 5.96 Å². The fourth-order valence-electron chi connectivity index (χ4n) is 3.84. The molecule has 0 amide bonds. The SMILES string of the molecule is CN=C(NCCn1cc(C)cn1)NC1C2CCOC2C1(C)C. The second-order valence-electron chi connectivity index (χ2n) is 6.97. The zero-order valence-electron chi connectivity index (χ0n) is 14.0. The van der Waals surface area contributed by atoms with Gasteiger partial charge in [-0.1, -0.05) is 13.8 Å². The predicted molar refractivity (Wildman–Crippen MR) is 86.9 cm³/mol. The molecule has 0 spiro atoms. The van der Waals surface area contributed by atoms with E-state index in [1.165, 1.54) is 5.56 Å². The zero-order valence-corrected chi connectivity index (χ0v) is 14.0. The highest BCUT2D eigenvalue weighted by molar-refractivity contribution is 5.80. The fraction of sp³-hybridized carbons (Fsp3) is 0.750. The summed E-state index contributed by atoms with van der Waals surface area (Å²) in [5.74, 6) is 1.48. The molecule has 1 aromatic rings. The molecule has 2 fully saturated rings. The number of nitrogens with zero attached hydrogens (tertiary/aromatic N) is 3. The van der Waals surface area contributed by atoms with Crippen LogP contribution < -0.4 is 10.6 Å². The second-order valence-corrected chi connectivity index (χ2v) is 6.97. The summed E-state index contributed by atoms with van der Waals surface area (Å²) < 4.78 is 7.79. The Morgan fingerprint density at radius 1 is 1.55 bits per heavy atom. The molecular formula is C16H27N5O. The molecule has 2 heterocycles. The number of fused-ring (bicyclic) bond motifs is 1. The summed E-state index contributed by atoms with van der Waals surface area (Å²) in [6, 6.07) is 0.429. The molecule has 2 N–H and O–H groups in total. The van der Waals surface area contributed by atoms with Gasteiger partial charge in [0.05, 0.1) is 18.8 Å². The highest BCUT2D eigenvalue weighted by Crippen LogP contribution is 2.51. The summed E-state index contributed by atoms with van der Waals surface area (Å²) in [4.78, 5) is 4.35. The largest absolute Gasteiger partial charge is 0.377 e. The Kier molecular flexibility index (Phi) is 4.12. The van der Waals surface area contributed by atoms with Crippen LogP contribution in [0.2, 0.25) is 0 Å². The van der Waals surface area contributed by atoms with Crippen LogP contribution in [0.3, 0.4) is 0 Å². The van der Waals surface area contributed by atoms with E-state index in [9.17, 15) is 0 Å². The molecule has 1 saturated carbocycles. The maximum absolute atomic E-state index is 5.84. The number of aromatic nitrogens is 2. The maximum Gasteiger partial charge on any atom is 0.191 e. The van der Waals surface area contributed by atoms with Crippen molar-refractivity contribution in [3.63, 3.8) is 0 Å². The van der Waals surface area contributed by atoms with E-state index in [1.54, 1.807) is 0 Å². The smallest absolute Gasteiger partial charge is 0.191 e. The molecule has 0 aromatic carbocycles. The molecule has 3 atom stereocenters. The van der Waals surface area contributed by atoms with Crippen LogP contribution in [-0.4, -0.2) is 48.1 Å². The molecule has 3 rings (SSSR count). The average molecular weight is 305 g/mol. The lowest BCUT2D eigenvalue weighted by Gasteiger charge is -2.54. The highest BCUT2D eigenvalue weighted by Gasteiger charge is 2.59. The van der Waals surface area contributed by atoms with Crippen molar-refractivity contribution in [2.75, 3.05) is 20.2 Å². The minimum Gasteiger partial charge on any atom is -0.377 e. The van der Waals surface area contributed by atoms with Gasteiger partial charge in [-0.2, -0.15) is 5.10 Å². The van der Waals surface area contributed by atoms with Crippen molar-refractivity contribution in [3.05, 3.63) is 18.0 Å². The molecule has 22 heavy (non-hydrogen) atoms. The maximum atomic E-state index is 5.84. The molecule has 0 radical (unpaired) electrons. The Balaban J connectivity index is 1.50. The van der Waals surface area contributed by atoms with E-state index in [2.05, 4.69) is 41.5 Å². The minimum absolute atomic E-state index is 0.165. The van der Waals surface area contributed by atoms with Crippen LogP contribution in [0, 0.1) is 18.3 Å². The third-order valence-electron chi connectivity index (χ3n) is 5.01. The lowest BCUT2D eigenvalue weighted by Crippen LogP contribution is -2.68. The number of hydrogen-bond donors (Lipinski definition) is 2. The van der Waals surface area contributed by atoms with Crippen molar-refractivity contribution in [1.82, 2.24) is 20.4 Å². The molecule has 6 nitrogen and oxygen atoms in total. The summed E-state index contributed by atoms with van der Waals surface area (Å²) in [7, 11) is 1.82. The number of ether oxygens (including phenoxy) is 1. The van der Waals surface area contributed by atoms with Crippen LogP contribution >= 0.6 is 0 Å². The van der Waals surface area contributed by atoms with E-state index in [4.69, 9.17) is 4.74 Å². The average Bonchev–Trinajstić information content (AvgIpc) is 3.10. The van der Waals surface area contributed by atoms with Gasteiger partial charge in [-0.3, -0.25) is 9.67 Å². The number of guanidine groups is 1. The van der Waals surface area contributed by atoms with Crippen molar-refractivity contribution < 1.29 is 4.74 Å². The van der Waals surface area contributed by atoms with Crippen molar-refractivity contribution in [3.8, 4) is 0 Å². The van der Waals surface area contributed by atoms with Gasteiger partial charge in [-0.05, 0) is 18.9 Å². The summed E-state index contributed by atoms with van der Waals surface area (Å²) in [5, 5.41) is 11.3. The van der Waals surface area contributed by atoms with Crippen LogP contribution in [0.1, 0.15) is 25.8 Å². The quantitative estimate of drug-likeness (QED) is 0.647. The molecule has 0 bridgehead atoms. The van der Waals surface area contributed by atoms with Crippen LogP contribution in [0.4, 0.5) is 0 Å². The molecule has 1 aromatic heterocycles. The van der Waals surface area contributed by atoms with E-state index in [0.717, 1.165) is 32.1 Å². The van der Waals surface area contributed by atoms with Gasteiger partial charge in [-0.15, -0.1) is 0 Å². The molecule has 1 aliphatic heterocycles. The molecule has 3 unspecified atom stereocenters. The first-order chi connectivity index (χ1) is 10.5. The molecule has 2 aliphatic rings. The van der Waals surface area contributed by atoms with E-state index in [1.807, 2.05) is 24.1 Å². The number of aliphatic imine (C=N–C) groups is 1. The highest BCUT2D eigenvalue weighted by atomic mass is 16.5. The lowest BCUT2D eigenvalue weighted by molar-refractivity contribution is -0.106. The van der Waals surface area contributed by atoms with Gasteiger partial charge in [0.1, 0.15) is 0 Å².